The zero-order valence-corrected chi connectivity index (χ0v) is 13.7. The van der Waals surface area contributed by atoms with Gasteiger partial charge < -0.3 is 14.6 Å². The second-order valence-corrected chi connectivity index (χ2v) is 6.07. The van der Waals surface area contributed by atoms with Crippen LogP contribution >= 0.6 is 0 Å². The molecule has 0 unspecified atom stereocenters. The van der Waals surface area contributed by atoms with Crippen molar-refractivity contribution in [2.45, 2.75) is 19.8 Å². The summed E-state index contributed by atoms with van der Waals surface area (Å²) < 4.78 is 1.76. The minimum absolute atomic E-state index is 0.120. The lowest BCUT2D eigenvalue weighted by Crippen LogP contribution is -2.29. The fraction of sp³-hybridized carbons (Fsp3) is 0.312. The van der Waals surface area contributed by atoms with E-state index < -0.39 is 5.91 Å². The SMILES string of the molecule is Cc1ccn2cc(C(=O)Nc3n[nH]nc3C(=O)N3CCCC3)nc2c1. The third-order valence-corrected chi connectivity index (χ3v) is 4.22. The highest BCUT2D eigenvalue weighted by Gasteiger charge is 2.26. The molecule has 9 heteroatoms. The molecule has 4 rings (SSSR count). The summed E-state index contributed by atoms with van der Waals surface area (Å²) in [6.07, 6.45) is 5.43. The maximum Gasteiger partial charge on any atom is 0.278 e. The number of amides is 2. The number of carbonyl (C=O) groups excluding carboxylic acids is 2. The molecule has 3 aromatic rings. The second kappa shape index (κ2) is 6.00. The summed E-state index contributed by atoms with van der Waals surface area (Å²) in [5, 5.41) is 12.8. The lowest BCUT2D eigenvalue weighted by atomic mass is 10.3. The first-order chi connectivity index (χ1) is 12.1. The Bertz CT molecular complexity index is 952. The molecular weight excluding hydrogens is 322 g/mol. The fourth-order valence-corrected chi connectivity index (χ4v) is 2.90. The predicted octanol–water partition coefficient (Wildman–Crippen LogP) is 1.25. The summed E-state index contributed by atoms with van der Waals surface area (Å²) in [4.78, 5) is 30.9. The number of aryl methyl sites for hydroxylation is 1. The number of imidazole rings is 1. The number of likely N-dealkylation sites (tertiary alicyclic amines) is 1. The Morgan fingerprint density at radius 1 is 1.24 bits per heavy atom. The first kappa shape index (κ1) is 15.3. The van der Waals surface area contributed by atoms with E-state index >= 15 is 0 Å². The van der Waals surface area contributed by atoms with Crippen LogP contribution in [0.25, 0.3) is 5.65 Å². The van der Waals surface area contributed by atoms with Gasteiger partial charge in [0.2, 0.25) is 0 Å². The number of rotatable bonds is 3. The van der Waals surface area contributed by atoms with Crippen LogP contribution in [-0.4, -0.2) is 54.6 Å². The number of aromatic nitrogens is 5. The summed E-state index contributed by atoms with van der Waals surface area (Å²) in [5.41, 5.74) is 2.10. The minimum Gasteiger partial charge on any atom is -0.337 e. The van der Waals surface area contributed by atoms with Crippen LogP contribution in [0.3, 0.4) is 0 Å². The lowest BCUT2D eigenvalue weighted by molar-refractivity contribution is 0.0788. The molecule has 0 aromatic carbocycles. The number of pyridine rings is 1. The largest absolute Gasteiger partial charge is 0.337 e. The average Bonchev–Trinajstić information content (AvgIpc) is 3.34. The highest BCUT2D eigenvalue weighted by Crippen LogP contribution is 2.17. The van der Waals surface area contributed by atoms with Gasteiger partial charge >= 0.3 is 0 Å². The zero-order valence-electron chi connectivity index (χ0n) is 13.7. The third kappa shape index (κ3) is 2.84. The van der Waals surface area contributed by atoms with E-state index in [-0.39, 0.29) is 23.1 Å². The quantitative estimate of drug-likeness (QED) is 0.746. The van der Waals surface area contributed by atoms with Gasteiger partial charge in [-0.3, -0.25) is 9.59 Å². The Balaban J connectivity index is 1.56. The normalized spacial score (nSPS) is 14.2. The molecular formula is C16H17N7O2. The Morgan fingerprint density at radius 3 is 2.84 bits per heavy atom. The summed E-state index contributed by atoms with van der Waals surface area (Å²) in [6.45, 7) is 3.36. The van der Waals surface area contributed by atoms with Crippen LogP contribution in [0, 0.1) is 6.92 Å². The smallest absolute Gasteiger partial charge is 0.278 e. The Labute approximate surface area is 143 Å². The van der Waals surface area contributed by atoms with Crippen molar-refractivity contribution < 1.29 is 9.59 Å². The number of carbonyl (C=O) groups is 2. The number of anilines is 1. The van der Waals surface area contributed by atoms with Crippen molar-refractivity contribution in [1.82, 2.24) is 29.7 Å². The van der Waals surface area contributed by atoms with Crippen LogP contribution in [0.1, 0.15) is 39.4 Å². The fourth-order valence-electron chi connectivity index (χ4n) is 2.90. The van der Waals surface area contributed by atoms with Gasteiger partial charge in [0.15, 0.2) is 11.5 Å². The number of hydrogen-bond donors (Lipinski definition) is 2. The van der Waals surface area contributed by atoms with Crippen molar-refractivity contribution in [1.29, 1.82) is 0 Å². The van der Waals surface area contributed by atoms with E-state index in [1.54, 1.807) is 15.5 Å². The van der Waals surface area contributed by atoms with E-state index in [9.17, 15) is 9.59 Å². The van der Waals surface area contributed by atoms with Crippen LogP contribution < -0.4 is 5.32 Å². The predicted molar refractivity (Wildman–Crippen MR) is 89.4 cm³/mol. The van der Waals surface area contributed by atoms with Crippen molar-refractivity contribution in [2.24, 2.45) is 0 Å². The van der Waals surface area contributed by atoms with Gasteiger partial charge in [-0.05, 0) is 37.5 Å². The van der Waals surface area contributed by atoms with E-state index in [1.165, 1.54) is 0 Å². The molecule has 0 aliphatic carbocycles. The van der Waals surface area contributed by atoms with Crippen LogP contribution in [0.2, 0.25) is 0 Å². The van der Waals surface area contributed by atoms with Gasteiger partial charge in [0.25, 0.3) is 11.8 Å². The van der Waals surface area contributed by atoms with Crippen LogP contribution in [0.4, 0.5) is 5.82 Å². The van der Waals surface area contributed by atoms with Crippen molar-refractivity contribution in [3.63, 3.8) is 0 Å². The number of hydrogen-bond acceptors (Lipinski definition) is 5. The van der Waals surface area contributed by atoms with E-state index in [4.69, 9.17) is 0 Å². The monoisotopic (exact) mass is 339 g/mol. The summed E-state index contributed by atoms with van der Waals surface area (Å²) in [5.74, 6) is -0.548. The topological polar surface area (TPSA) is 108 Å². The summed E-state index contributed by atoms with van der Waals surface area (Å²) >= 11 is 0. The Kier molecular flexibility index (Phi) is 3.68. The van der Waals surface area contributed by atoms with Gasteiger partial charge in [-0.25, -0.2) is 4.98 Å². The third-order valence-electron chi connectivity index (χ3n) is 4.22. The van der Waals surface area contributed by atoms with E-state index in [2.05, 4.69) is 25.7 Å². The highest BCUT2D eigenvalue weighted by molar-refractivity contribution is 6.06. The molecule has 3 aromatic heterocycles. The molecule has 1 saturated heterocycles. The Hall–Kier alpha value is -3.23. The molecule has 25 heavy (non-hydrogen) atoms. The van der Waals surface area contributed by atoms with Crippen LogP contribution in [0.15, 0.2) is 24.5 Å². The van der Waals surface area contributed by atoms with Gasteiger partial charge in [0.05, 0.1) is 0 Å². The molecule has 1 aliphatic heterocycles. The van der Waals surface area contributed by atoms with Crippen LogP contribution in [-0.2, 0) is 0 Å². The molecule has 9 nitrogen and oxygen atoms in total. The van der Waals surface area contributed by atoms with Gasteiger partial charge in [0.1, 0.15) is 11.3 Å². The first-order valence-electron chi connectivity index (χ1n) is 8.08. The maximum atomic E-state index is 12.5. The van der Waals surface area contributed by atoms with Crippen molar-refractivity contribution in [3.8, 4) is 0 Å². The average molecular weight is 339 g/mol. The van der Waals surface area contributed by atoms with Gasteiger partial charge in [-0.1, -0.05) is 0 Å². The number of H-pyrrole nitrogens is 1. The van der Waals surface area contributed by atoms with Crippen molar-refractivity contribution in [3.05, 3.63) is 41.5 Å². The lowest BCUT2D eigenvalue weighted by Gasteiger charge is -2.13. The minimum atomic E-state index is -0.439. The number of nitrogens with one attached hydrogen (secondary N) is 2. The number of fused-ring (bicyclic) bond motifs is 1. The molecule has 1 aliphatic rings. The highest BCUT2D eigenvalue weighted by atomic mass is 16.2. The molecule has 0 bridgehead atoms. The number of aromatic amines is 1. The molecule has 4 heterocycles. The van der Waals surface area contributed by atoms with Gasteiger partial charge in [-0.2, -0.15) is 5.21 Å². The Morgan fingerprint density at radius 2 is 2.04 bits per heavy atom. The summed E-state index contributed by atoms with van der Waals surface area (Å²) in [7, 11) is 0. The van der Waals surface area contributed by atoms with E-state index in [1.807, 2.05) is 25.3 Å². The molecule has 128 valence electrons. The molecule has 0 saturated carbocycles. The maximum absolute atomic E-state index is 12.5. The molecule has 1 fully saturated rings. The van der Waals surface area contributed by atoms with Crippen LogP contribution in [0.5, 0.6) is 0 Å². The molecule has 2 N–H and O–H groups in total. The second-order valence-electron chi connectivity index (χ2n) is 6.07. The standard InChI is InChI=1S/C16H17N7O2/c1-10-4-7-23-9-11(17-12(23)8-10)15(24)18-14-13(19-21-20-14)16(25)22-5-2-3-6-22/h4,7-9H,2-3,5-6H2,1H3,(H2,18,19,20,21,24). The van der Waals surface area contributed by atoms with Crippen molar-refractivity contribution >= 4 is 23.3 Å². The zero-order chi connectivity index (χ0) is 17.4. The van der Waals surface area contributed by atoms with Crippen molar-refractivity contribution in [2.75, 3.05) is 18.4 Å². The van der Waals surface area contributed by atoms with E-state index in [0.717, 1.165) is 18.4 Å². The number of nitrogens with zero attached hydrogens (tertiary/aromatic N) is 5. The first-order valence-corrected chi connectivity index (χ1v) is 8.08. The van der Waals surface area contributed by atoms with Gasteiger partial charge in [0, 0.05) is 25.5 Å². The summed E-state index contributed by atoms with van der Waals surface area (Å²) in [6, 6.07) is 3.82. The van der Waals surface area contributed by atoms with Gasteiger partial charge in [-0.15, -0.1) is 10.2 Å². The van der Waals surface area contributed by atoms with E-state index in [0.29, 0.717) is 18.7 Å². The molecule has 0 spiro atoms. The molecule has 0 atom stereocenters. The molecule has 2 amide bonds. The molecule has 0 radical (unpaired) electrons.